The average Bonchev–Trinajstić information content (AvgIpc) is 2.92. The first-order valence-corrected chi connectivity index (χ1v) is 13.6. The Kier molecular flexibility index (Phi) is 9.81. The molecule has 0 spiro atoms. The number of benzene rings is 1. The highest BCUT2D eigenvalue weighted by Crippen LogP contribution is 2.36. The van der Waals surface area contributed by atoms with Crippen molar-refractivity contribution in [3.05, 3.63) is 92.6 Å². The Labute approximate surface area is 237 Å². The first kappa shape index (κ1) is 28.1. The summed E-state index contributed by atoms with van der Waals surface area (Å²) in [5, 5.41) is 3.77. The number of likely N-dealkylation sites (tertiary alicyclic amines) is 1. The Morgan fingerprint density at radius 3 is 2.45 bits per heavy atom. The Morgan fingerprint density at radius 2 is 1.82 bits per heavy atom. The number of piperidine rings is 1. The maximum atomic E-state index is 12.5. The summed E-state index contributed by atoms with van der Waals surface area (Å²) in [6, 6.07) is 13.2. The van der Waals surface area contributed by atoms with Gasteiger partial charge in [0.25, 0.3) is 5.91 Å². The lowest BCUT2D eigenvalue weighted by Gasteiger charge is -2.39. The van der Waals surface area contributed by atoms with Crippen LogP contribution in [0.1, 0.15) is 48.2 Å². The van der Waals surface area contributed by atoms with Gasteiger partial charge in [-0.25, -0.2) is 9.83 Å². The third-order valence-corrected chi connectivity index (χ3v) is 7.63. The standard InChI is InChI=1S/C28H28Cl3N5O2/c1-18(10-13-34-28(37)26-22(29)16-33-17-23(26)30)36-14-11-20(12-15-36)27(19-6-8-21(32-2)9-7-19)38-25-5-3-4-24(31)35-25/h3-9,16-18,20,27H,10-15H2,1H3,(H,34,37). The van der Waals surface area contributed by atoms with Crippen LogP contribution in [0.2, 0.25) is 15.2 Å². The molecule has 0 radical (unpaired) electrons. The summed E-state index contributed by atoms with van der Waals surface area (Å²) < 4.78 is 6.38. The third kappa shape index (κ3) is 7.15. The molecule has 38 heavy (non-hydrogen) atoms. The van der Waals surface area contributed by atoms with Crippen molar-refractivity contribution in [1.29, 1.82) is 0 Å². The third-order valence-electron chi connectivity index (χ3n) is 6.84. The molecule has 1 fully saturated rings. The van der Waals surface area contributed by atoms with E-state index < -0.39 is 0 Å². The summed E-state index contributed by atoms with van der Waals surface area (Å²) in [6.45, 7) is 11.7. The van der Waals surface area contributed by atoms with Gasteiger partial charge in [0, 0.05) is 37.0 Å². The van der Waals surface area contributed by atoms with Crippen LogP contribution in [0.4, 0.5) is 5.69 Å². The maximum absolute atomic E-state index is 12.5. The van der Waals surface area contributed by atoms with Gasteiger partial charge in [0.1, 0.15) is 11.3 Å². The number of nitrogens with one attached hydrogen (secondary N) is 1. The number of aromatic nitrogens is 2. The lowest BCUT2D eigenvalue weighted by Crippen LogP contribution is -2.43. The number of amides is 1. The minimum absolute atomic E-state index is 0.202. The number of hydrogen-bond acceptors (Lipinski definition) is 5. The van der Waals surface area contributed by atoms with Gasteiger partial charge in [-0.05, 0) is 50.9 Å². The number of carbonyl (C=O) groups is 1. The van der Waals surface area contributed by atoms with Gasteiger partial charge in [-0.2, -0.15) is 0 Å². The fraction of sp³-hybridized carbons (Fsp3) is 0.357. The van der Waals surface area contributed by atoms with E-state index in [0.29, 0.717) is 23.3 Å². The molecule has 2 unspecified atom stereocenters. The molecule has 1 saturated heterocycles. The Hall–Kier alpha value is -2.89. The fourth-order valence-corrected chi connectivity index (χ4v) is 5.41. The molecule has 1 aliphatic heterocycles. The second-order valence-electron chi connectivity index (χ2n) is 9.29. The molecule has 3 heterocycles. The molecule has 1 amide bonds. The molecule has 198 valence electrons. The smallest absolute Gasteiger partial charge is 0.254 e. The molecule has 1 N–H and O–H groups in total. The van der Waals surface area contributed by atoms with E-state index in [1.807, 2.05) is 36.4 Å². The zero-order valence-corrected chi connectivity index (χ0v) is 23.2. The van der Waals surface area contributed by atoms with E-state index in [4.69, 9.17) is 46.1 Å². The van der Waals surface area contributed by atoms with E-state index in [2.05, 4.69) is 32.0 Å². The van der Waals surface area contributed by atoms with Gasteiger partial charge in [0.05, 0.1) is 22.2 Å². The molecule has 10 heteroatoms. The van der Waals surface area contributed by atoms with Gasteiger partial charge in [-0.1, -0.05) is 65.1 Å². The van der Waals surface area contributed by atoms with Crippen molar-refractivity contribution in [2.75, 3.05) is 19.6 Å². The lowest BCUT2D eigenvalue weighted by molar-refractivity contribution is 0.0580. The van der Waals surface area contributed by atoms with Gasteiger partial charge >= 0.3 is 0 Å². The predicted octanol–water partition coefficient (Wildman–Crippen LogP) is 7.03. The summed E-state index contributed by atoms with van der Waals surface area (Å²) >= 11 is 18.3. The van der Waals surface area contributed by atoms with Crippen molar-refractivity contribution in [2.45, 2.75) is 38.3 Å². The summed E-state index contributed by atoms with van der Waals surface area (Å²) in [5.74, 6) is 0.457. The SMILES string of the molecule is [C-]#[N+]c1ccc(C(Oc2cccc(Cl)n2)C2CCN(C(C)CCNC(=O)c3c(Cl)cncc3Cl)CC2)cc1. The van der Waals surface area contributed by atoms with E-state index in [0.717, 1.165) is 37.9 Å². The normalized spacial score (nSPS) is 15.9. The number of pyridine rings is 2. The number of ether oxygens (including phenoxy) is 1. The highest BCUT2D eigenvalue weighted by molar-refractivity contribution is 6.39. The summed E-state index contributed by atoms with van der Waals surface area (Å²) in [7, 11) is 0. The number of nitrogens with zero attached hydrogens (tertiary/aromatic N) is 4. The minimum atomic E-state index is -0.299. The van der Waals surface area contributed by atoms with Crippen molar-refractivity contribution in [3.63, 3.8) is 0 Å². The summed E-state index contributed by atoms with van der Waals surface area (Å²) in [6.07, 6.45) is 5.29. The van der Waals surface area contributed by atoms with Gasteiger partial charge in [0.2, 0.25) is 5.88 Å². The molecule has 7 nitrogen and oxygen atoms in total. The van der Waals surface area contributed by atoms with E-state index in [-0.39, 0.29) is 39.6 Å². The van der Waals surface area contributed by atoms with Crippen molar-refractivity contribution < 1.29 is 9.53 Å². The summed E-state index contributed by atoms with van der Waals surface area (Å²) in [5.41, 5.74) is 1.86. The van der Waals surface area contributed by atoms with Crippen LogP contribution in [0.5, 0.6) is 5.88 Å². The highest BCUT2D eigenvalue weighted by Gasteiger charge is 2.31. The second kappa shape index (κ2) is 13.3. The molecule has 1 aromatic carbocycles. The van der Waals surface area contributed by atoms with E-state index in [1.54, 1.807) is 6.07 Å². The Bertz CT molecular complexity index is 1270. The van der Waals surface area contributed by atoms with Crippen LogP contribution in [-0.2, 0) is 0 Å². The van der Waals surface area contributed by atoms with Crippen LogP contribution in [-0.4, -0.2) is 46.5 Å². The Morgan fingerprint density at radius 1 is 1.13 bits per heavy atom. The molecule has 0 bridgehead atoms. The van der Waals surface area contributed by atoms with Crippen molar-refractivity contribution in [2.24, 2.45) is 5.92 Å². The summed E-state index contributed by atoms with van der Waals surface area (Å²) in [4.78, 5) is 26.7. The van der Waals surface area contributed by atoms with Gasteiger partial charge in [0.15, 0.2) is 5.69 Å². The van der Waals surface area contributed by atoms with Crippen LogP contribution >= 0.6 is 34.8 Å². The van der Waals surface area contributed by atoms with Crippen molar-refractivity contribution >= 4 is 46.4 Å². The molecule has 4 rings (SSSR count). The first-order valence-electron chi connectivity index (χ1n) is 12.4. The molecule has 2 aromatic heterocycles. The Balaban J connectivity index is 1.34. The van der Waals surface area contributed by atoms with Crippen LogP contribution in [0.3, 0.4) is 0 Å². The van der Waals surface area contributed by atoms with Crippen LogP contribution in [0.25, 0.3) is 4.85 Å². The van der Waals surface area contributed by atoms with E-state index in [9.17, 15) is 4.79 Å². The van der Waals surface area contributed by atoms with Crippen molar-refractivity contribution in [3.8, 4) is 5.88 Å². The van der Waals surface area contributed by atoms with E-state index in [1.165, 1.54) is 12.4 Å². The molecular formula is C28H28Cl3N5O2. The van der Waals surface area contributed by atoms with Gasteiger partial charge in [-0.15, -0.1) is 0 Å². The topological polar surface area (TPSA) is 71.7 Å². The fourth-order valence-electron chi connectivity index (χ4n) is 4.72. The molecule has 0 aliphatic carbocycles. The maximum Gasteiger partial charge on any atom is 0.254 e. The second-order valence-corrected chi connectivity index (χ2v) is 10.5. The number of halogens is 3. The quantitative estimate of drug-likeness (QED) is 0.220. The lowest BCUT2D eigenvalue weighted by atomic mass is 9.86. The van der Waals surface area contributed by atoms with Crippen LogP contribution in [0.15, 0.2) is 54.9 Å². The van der Waals surface area contributed by atoms with E-state index >= 15 is 0 Å². The largest absolute Gasteiger partial charge is 0.469 e. The number of carbonyl (C=O) groups excluding carboxylic acids is 1. The molecule has 2 atom stereocenters. The van der Waals surface area contributed by atoms with Crippen LogP contribution < -0.4 is 10.1 Å². The van der Waals surface area contributed by atoms with Gasteiger partial charge in [-0.3, -0.25) is 9.78 Å². The first-order chi connectivity index (χ1) is 18.4. The number of rotatable bonds is 9. The van der Waals surface area contributed by atoms with Gasteiger partial charge < -0.3 is 15.0 Å². The highest BCUT2D eigenvalue weighted by atomic mass is 35.5. The van der Waals surface area contributed by atoms with Crippen molar-refractivity contribution in [1.82, 2.24) is 20.2 Å². The minimum Gasteiger partial charge on any atom is -0.469 e. The molecule has 3 aromatic rings. The molecular weight excluding hydrogens is 545 g/mol. The zero-order valence-electron chi connectivity index (χ0n) is 20.9. The predicted molar refractivity (Wildman–Crippen MR) is 150 cm³/mol. The zero-order chi connectivity index (χ0) is 27.1. The molecule has 0 saturated carbocycles. The monoisotopic (exact) mass is 571 g/mol. The number of hydrogen-bond donors (Lipinski definition) is 1. The average molecular weight is 573 g/mol. The molecule has 1 aliphatic rings. The van der Waals surface area contributed by atoms with Crippen LogP contribution in [0, 0.1) is 12.5 Å².